The number of hydrogen-bond donors (Lipinski definition) is 1. The minimum absolute atomic E-state index is 0.00996. The Labute approximate surface area is 151 Å². The quantitative estimate of drug-likeness (QED) is 0.824. The molecular weight excluding hydrogens is 383 g/mol. The molecule has 0 aromatic heterocycles. The van der Waals surface area contributed by atoms with Gasteiger partial charge in [-0.2, -0.15) is 4.31 Å². The Morgan fingerprint density at radius 1 is 0.885 bits per heavy atom. The van der Waals surface area contributed by atoms with E-state index in [1.807, 2.05) is 0 Å². The summed E-state index contributed by atoms with van der Waals surface area (Å²) < 4.78 is 72.0. The van der Waals surface area contributed by atoms with Crippen LogP contribution < -0.4 is 4.72 Å². The maximum Gasteiger partial charge on any atom is 0.261 e. The van der Waals surface area contributed by atoms with Gasteiger partial charge in [-0.1, -0.05) is 12.1 Å². The van der Waals surface area contributed by atoms with E-state index in [1.54, 1.807) is 0 Å². The second-order valence-corrected chi connectivity index (χ2v) is 9.19. The molecule has 0 amide bonds. The van der Waals surface area contributed by atoms with E-state index in [0.29, 0.717) is 13.2 Å². The van der Waals surface area contributed by atoms with Crippen molar-refractivity contribution < 1.29 is 26.0 Å². The van der Waals surface area contributed by atoms with E-state index in [4.69, 9.17) is 4.74 Å². The fraction of sp³-hybridized carbons (Fsp3) is 0.250. The molecule has 2 aromatic rings. The van der Waals surface area contributed by atoms with Crippen molar-refractivity contribution in [3.63, 3.8) is 0 Å². The predicted molar refractivity (Wildman–Crippen MR) is 93.2 cm³/mol. The lowest BCUT2D eigenvalue weighted by molar-refractivity contribution is 0.0730. The third kappa shape index (κ3) is 3.88. The molecule has 2 aromatic carbocycles. The van der Waals surface area contributed by atoms with Crippen LogP contribution in [0.3, 0.4) is 0 Å². The van der Waals surface area contributed by atoms with E-state index in [9.17, 15) is 21.2 Å². The molecule has 0 aliphatic carbocycles. The van der Waals surface area contributed by atoms with Gasteiger partial charge in [-0.05, 0) is 36.4 Å². The lowest BCUT2D eigenvalue weighted by Crippen LogP contribution is -2.40. The van der Waals surface area contributed by atoms with Gasteiger partial charge in [-0.25, -0.2) is 21.2 Å². The number of nitrogens with one attached hydrogen (secondary N) is 1. The van der Waals surface area contributed by atoms with E-state index >= 15 is 0 Å². The molecule has 3 rings (SSSR count). The van der Waals surface area contributed by atoms with Crippen molar-refractivity contribution in [3.05, 3.63) is 54.3 Å². The number of halogens is 1. The van der Waals surface area contributed by atoms with Crippen LogP contribution in [0.4, 0.5) is 10.1 Å². The normalized spacial score (nSPS) is 16.3. The standard InChI is InChI=1S/C16H17FN2O5S2/c17-15-3-1-2-4-16(15)18-25(20,21)13-5-7-14(8-6-13)26(22,23)19-9-11-24-12-10-19/h1-8,18H,9-12H2. The van der Waals surface area contributed by atoms with E-state index in [0.717, 1.165) is 6.07 Å². The average molecular weight is 400 g/mol. The highest BCUT2D eigenvalue weighted by molar-refractivity contribution is 7.92. The molecule has 26 heavy (non-hydrogen) atoms. The van der Waals surface area contributed by atoms with Gasteiger partial charge in [0.05, 0.1) is 28.7 Å². The fourth-order valence-corrected chi connectivity index (χ4v) is 4.95. The zero-order valence-corrected chi connectivity index (χ0v) is 15.3. The van der Waals surface area contributed by atoms with Gasteiger partial charge in [-0.3, -0.25) is 4.72 Å². The van der Waals surface area contributed by atoms with Gasteiger partial charge in [0.15, 0.2) is 0 Å². The minimum Gasteiger partial charge on any atom is -0.379 e. The monoisotopic (exact) mass is 400 g/mol. The third-order valence-electron chi connectivity index (χ3n) is 3.86. The summed E-state index contributed by atoms with van der Waals surface area (Å²) in [7, 11) is -7.75. The Hall–Kier alpha value is -2.01. The first-order valence-electron chi connectivity index (χ1n) is 7.76. The maximum absolute atomic E-state index is 13.6. The molecule has 0 atom stereocenters. The molecule has 0 bridgehead atoms. The molecule has 1 fully saturated rings. The maximum atomic E-state index is 13.6. The summed E-state index contributed by atoms with van der Waals surface area (Å²) in [6.45, 7) is 1.13. The van der Waals surface area contributed by atoms with Crippen LogP contribution >= 0.6 is 0 Å². The van der Waals surface area contributed by atoms with E-state index in [-0.39, 0.29) is 28.6 Å². The van der Waals surface area contributed by atoms with Crippen LogP contribution in [0.25, 0.3) is 0 Å². The minimum atomic E-state index is -4.04. The van der Waals surface area contributed by atoms with Crippen molar-refractivity contribution in [2.75, 3.05) is 31.0 Å². The molecule has 0 spiro atoms. The SMILES string of the molecule is O=S(=O)(Nc1ccccc1F)c1ccc(S(=O)(=O)N2CCOCC2)cc1. The van der Waals surface area contributed by atoms with E-state index in [1.165, 1.54) is 46.8 Å². The van der Waals surface area contributed by atoms with Gasteiger partial charge < -0.3 is 4.74 Å². The molecule has 0 saturated carbocycles. The van der Waals surface area contributed by atoms with Crippen molar-refractivity contribution in [2.45, 2.75) is 9.79 Å². The van der Waals surface area contributed by atoms with Gasteiger partial charge >= 0.3 is 0 Å². The number of para-hydroxylation sites is 1. The van der Waals surface area contributed by atoms with Crippen LogP contribution in [0.5, 0.6) is 0 Å². The Bertz CT molecular complexity index is 986. The molecule has 0 radical (unpaired) electrons. The second-order valence-electron chi connectivity index (χ2n) is 5.57. The summed E-state index contributed by atoms with van der Waals surface area (Å²) in [6, 6.07) is 10.2. The van der Waals surface area contributed by atoms with Crippen molar-refractivity contribution >= 4 is 25.7 Å². The number of rotatable bonds is 5. The number of morpholine rings is 1. The average Bonchev–Trinajstić information content (AvgIpc) is 2.64. The lowest BCUT2D eigenvalue weighted by Gasteiger charge is -2.26. The largest absolute Gasteiger partial charge is 0.379 e. The van der Waals surface area contributed by atoms with Gasteiger partial charge in [0, 0.05) is 13.1 Å². The van der Waals surface area contributed by atoms with Gasteiger partial charge in [-0.15, -0.1) is 0 Å². The van der Waals surface area contributed by atoms with Crippen molar-refractivity contribution in [1.29, 1.82) is 0 Å². The smallest absolute Gasteiger partial charge is 0.261 e. The Morgan fingerprint density at radius 3 is 2.08 bits per heavy atom. The van der Waals surface area contributed by atoms with Gasteiger partial charge in [0.1, 0.15) is 5.82 Å². The number of anilines is 1. The fourth-order valence-electron chi connectivity index (χ4n) is 2.47. The van der Waals surface area contributed by atoms with Crippen LogP contribution in [-0.2, 0) is 24.8 Å². The zero-order chi connectivity index (χ0) is 18.8. The van der Waals surface area contributed by atoms with Crippen LogP contribution in [0.2, 0.25) is 0 Å². The predicted octanol–water partition coefficient (Wildman–Crippen LogP) is 1.65. The highest BCUT2D eigenvalue weighted by atomic mass is 32.2. The van der Waals surface area contributed by atoms with E-state index < -0.39 is 25.9 Å². The highest BCUT2D eigenvalue weighted by Crippen LogP contribution is 2.22. The Balaban J connectivity index is 1.83. The number of nitrogens with zero attached hydrogens (tertiary/aromatic N) is 1. The summed E-state index contributed by atoms with van der Waals surface area (Å²) in [5, 5.41) is 0. The molecular formula is C16H17FN2O5S2. The Kier molecular flexibility index (Phi) is 5.28. The number of sulfonamides is 2. The van der Waals surface area contributed by atoms with Gasteiger partial charge in [0.2, 0.25) is 10.0 Å². The van der Waals surface area contributed by atoms with Crippen LogP contribution in [-0.4, -0.2) is 47.4 Å². The molecule has 1 N–H and O–H groups in total. The molecule has 7 nitrogen and oxygen atoms in total. The number of hydrogen-bond acceptors (Lipinski definition) is 5. The summed E-state index contributed by atoms with van der Waals surface area (Å²) in [5.41, 5.74) is -0.183. The van der Waals surface area contributed by atoms with Crippen LogP contribution in [0, 0.1) is 5.82 Å². The number of benzene rings is 2. The zero-order valence-electron chi connectivity index (χ0n) is 13.6. The first kappa shape index (κ1) is 18.8. The molecule has 1 heterocycles. The summed E-state index contributed by atoms with van der Waals surface area (Å²) in [6.07, 6.45) is 0. The van der Waals surface area contributed by atoms with Crippen molar-refractivity contribution in [3.8, 4) is 0 Å². The van der Waals surface area contributed by atoms with Gasteiger partial charge in [0.25, 0.3) is 10.0 Å². The first-order chi connectivity index (χ1) is 12.3. The molecule has 1 saturated heterocycles. The topological polar surface area (TPSA) is 92.8 Å². The highest BCUT2D eigenvalue weighted by Gasteiger charge is 2.27. The Morgan fingerprint density at radius 2 is 1.46 bits per heavy atom. The molecule has 140 valence electrons. The first-order valence-corrected chi connectivity index (χ1v) is 10.7. The third-order valence-corrected chi connectivity index (χ3v) is 7.15. The summed E-state index contributed by atoms with van der Waals surface area (Å²) in [5.74, 6) is -0.706. The van der Waals surface area contributed by atoms with Crippen molar-refractivity contribution in [1.82, 2.24) is 4.31 Å². The second kappa shape index (κ2) is 7.31. The van der Waals surface area contributed by atoms with Crippen LogP contribution in [0.1, 0.15) is 0 Å². The molecule has 1 aliphatic rings. The van der Waals surface area contributed by atoms with E-state index in [2.05, 4.69) is 4.72 Å². The summed E-state index contributed by atoms with van der Waals surface area (Å²) in [4.78, 5) is -0.175. The van der Waals surface area contributed by atoms with Crippen molar-refractivity contribution in [2.24, 2.45) is 0 Å². The molecule has 1 aliphatic heterocycles. The molecule has 10 heteroatoms. The lowest BCUT2D eigenvalue weighted by atomic mass is 10.3. The molecule has 0 unspecified atom stereocenters. The summed E-state index contributed by atoms with van der Waals surface area (Å²) >= 11 is 0. The number of ether oxygens (including phenoxy) is 1. The van der Waals surface area contributed by atoms with Crippen LogP contribution in [0.15, 0.2) is 58.3 Å².